The molecule has 0 fully saturated rings. The highest BCUT2D eigenvalue weighted by Gasteiger charge is 2.03. The number of aromatic amines is 1. The second-order valence-electron chi connectivity index (χ2n) is 5.32. The zero-order chi connectivity index (χ0) is 16.4. The molecular formula is C17H16N4OS. The van der Waals surface area contributed by atoms with Crippen LogP contribution in [0.1, 0.15) is 5.56 Å². The lowest BCUT2D eigenvalue weighted by molar-refractivity contribution is 0.800. The van der Waals surface area contributed by atoms with E-state index in [1.165, 1.54) is 4.68 Å². The third kappa shape index (κ3) is 3.07. The lowest BCUT2D eigenvalue weighted by Gasteiger charge is -2.11. The molecule has 1 N–H and O–H groups in total. The number of aromatic nitrogens is 2. The minimum atomic E-state index is -0.231. The van der Waals surface area contributed by atoms with Gasteiger partial charge < -0.3 is 9.88 Å². The highest BCUT2D eigenvalue weighted by molar-refractivity contribution is 7.71. The quantitative estimate of drug-likeness (QED) is 0.595. The maximum atomic E-state index is 12.5. The van der Waals surface area contributed by atoms with Gasteiger partial charge in [0.1, 0.15) is 0 Å². The molecule has 1 heterocycles. The fourth-order valence-corrected chi connectivity index (χ4v) is 2.48. The number of hydrogen-bond acceptors (Lipinski definition) is 4. The summed E-state index contributed by atoms with van der Waals surface area (Å²) in [5.41, 5.74) is 2.47. The van der Waals surface area contributed by atoms with E-state index in [4.69, 9.17) is 12.2 Å². The SMILES string of the molecule is CN(C)c1ccc(/C=N\n2c(=S)[nH]c3ccccc3c2=O)cc1. The van der Waals surface area contributed by atoms with Crippen LogP contribution in [0.25, 0.3) is 10.9 Å². The predicted octanol–water partition coefficient (Wildman–Crippen LogP) is 3.01. The second kappa shape index (κ2) is 6.18. The van der Waals surface area contributed by atoms with Crippen LogP contribution in [0.2, 0.25) is 0 Å². The Morgan fingerprint density at radius 2 is 1.83 bits per heavy atom. The maximum absolute atomic E-state index is 12.5. The average Bonchev–Trinajstić information content (AvgIpc) is 2.55. The van der Waals surface area contributed by atoms with Gasteiger partial charge in [0.05, 0.1) is 17.1 Å². The molecule has 0 aliphatic carbocycles. The van der Waals surface area contributed by atoms with Gasteiger partial charge in [-0.3, -0.25) is 4.79 Å². The summed E-state index contributed by atoms with van der Waals surface area (Å²) < 4.78 is 1.48. The largest absolute Gasteiger partial charge is 0.378 e. The van der Waals surface area contributed by atoms with E-state index in [0.29, 0.717) is 10.9 Å². The van der Waals surface area contributed by atoms with Gasteiger partial charge >= 0.3 is 0 Å². The van der Waals surface area contributed by atoms with Crippen LogP contribution in [0.4, 0.5) is 5.69 Å². The molecule has 5 nitrogen and oxygen atoms in total. The zero-order valence-electron chi connectivity index (χ0n) is 12.9. The van der Waals surface area contributed by atoms with Crippen LogP contribution < -0.4 is 10.5 Å². The Morgan fingerprint density at radius 3 is 2.52 bits per heavy atom. The number of H-pyrrole nitrogens is 1. The van der Waals surface area contributed by atoms with Crippen molar-refractivity contribution >= 4 is 35.0 Å². The van der Waals surface area contributed by atoms with Crippen LogP contribution in [0.15, 0.2) is 58.4 Å². The third-order valence-corrected chi connectivity index (χ3v) is 3.79. The van der Waals surface area contributed by atoms with E-state index in [1.54, 1.807) is 12.3 Å². The van der Waals surface area contributed by atoms with Crippen molar-refractivity contribution in [3.05, 3.63) is 69.2 Å². The first-order chi connectivity index (χ1) is 11.1. The third-order valence-electron chi connectivity index (χ3n) is 3.52. The summed E-state index contributed by atoms with van der Waals surface area (Å²) in [6, 6.07) is 15.1. The van der Waals surface area contributed by atoms with Gasteiger partial charge in [-0.25, -0.2) is 0 Å². The fourth-order valence-electron chi connectivity index (χ4n) is 2.24. The molecule has 23 heavy (non-hydrogen) atoms. The molecule has 0 spiro atoms. The Morgan fingerprint density at radius 1 is 1.13 bits per heavy atom. The van der Waals surface area contributed by atoms with Crippen molar-refractivity contribution in [2.24, 2.45) is 5.10 Å². The molecule has 0 aliphatic heterocycles. The summed E-state index contributed by atoms with van der Waals surface area (Å²) in [6.45, 7) is 0. The smallest absolute Gasteiger partial charge is 0.282 e. The molecule has 3 rings (SSSR count). The van der Waals surface area contributed by atoms with Crippen molar-refractivity contribution in [2.45, 2.75) is 0 Å². The summed E-state index contributed by atoms with van der Waals surface area (Å²) in [5.74, 6) is 0. The highest BCUT2D eigenvalue weighted by Crippen LogP contribution is 2.11. The first-order valence-corrected chi connectivity index (χ1v) is 7.53. The number of benzene rings is 2. The van der Waals surface area contributed by atoms with Gasteiger partial charge in [-0.05, 0) is 42.0 Å². The number of rotatable bonds is 3. The molecule has 0 bridgehead atoms. The molecule has 2 aromatic carbocycles. The zero-order valence-corrected chi connectivity index (χ0v) is 13.7. The van der Waals surface area contributed by atoms with E-state index in [-0.39, 0.29) is 10.3 Å². The van der Waals surface area contributed by atoms with E-state index >= 15 is 0 Å². The number of nitrogens with zero attached hydrogens (tertiary/aromatic N) is 3. The minimum absolute atomic E-state index is 0.231. The molecule has 0 amide bonds. The summed E-state index contributed by atoms with van der Waals surface area (Å²) in [7, 11) is 3.97. The predicted molar refractivity (Wildman–Crippen MR) is 97.2 cm³/mol. The van der Waals surface area contributed by atoms with Crippen LogP contribution in [0, 0.1) is 4.77 Å². The normalized spacial score (nSPS) is 11.2. The van der Waals surface area contributed by atoms with Crippen molar-refractivity contribution in [1.82, 2.24) is 9.66 Å². The van der Waals surface area contributed by atoms with E-state index in [9.17, 15) is 4.79 Å². The molecule has 0 saturated carbocycles. The van der Waals surface area contributed by atoms with Crippen LogP contribution in [0.5, 0.6) is 0 Å². The maximum Gasteiger partial charge on any atom is 0.282 e. The molecule has 6 heteroatoms. The van der Waals surface area contributed by atoms with Crippen molar-refractivity contribution in [3.63, 3.8) is 0 Å². The summed E-state index contributed by atoms with van der Waals surface area (Å²) >= 11 is 5.22. The molecule has 3 aromatic rings. The lowest BCUT2D eigenvalue weighted by atomic mass is 10.2. The molecule has 0 unspecified atom stereocenters. The first-order valence-electron chi connectivity index (χ1n) is 7.12. The molecule has 1 aromatic heterocycles. The summed E-state index contributed by atoms with van der Waals surface area (Å²) in [5, 5.41) is 4.79. The van der Waals surface area contributed by atoms with Crippen LogP contribution in [-0.4, -0.2) is 30.0 Å². The van der Waals surface area contributed by atoms with Gasteiger partial charge in [0, 0.05) is 19.8 Å². The Hall–Kier alpha value is -2.73. The number of para-hydroxylation sites is 1. The molecule has 0 saturated heterocycles. The Balaban J connectivity index is 2.01. The number of hydrogen-bond donors (Lipinski definition) is 1. The van der Waals surface area contributed by atoms with Gasteiger partial charge in [0.15, 0.2) is 0 Å². The molecule has 0 radical (unpaired) electrons. The van der Waals surface area contributed by atoms with Crippen LogP contribution in [-0.2, 0) is 0 Å². The van der Waals surface area contributed by atoms with E-state index in [0.717, 1.165) is 11.3 Å². The van der Waals surface area contributed by atoms with Gasteiger partial charge in [-0.1, -0.05) is 24.3 Å². The van der Waals surface area contributed by atoms with Crippen molar-refractivity contribution < 1.29 is 0 Å². The number of nitrogens with one attached hydrogen (secondary N) is 1. The second-order valence-corrected chi connectivity index (χ2v) is 5.71. The highest BCUT2D eigenvalue weighted by atomic mass is 32.1. The van der Waals surface area contributed by atoms with Gasteiger partial charge in [-0.2, -0.15) is 9.78 Å². The van der Waals surface area contributed by atoms with Crippen LogP contribution in [0.3, 0.4) is 0 Å². The molecule has 0 atom stereocenters. The fraction of sp³-hybridized carbons (Fsp3) is 0.118. The molecule has 116 valence electrons. The van der Waals surface area contributed by atoms with Crippen molar-refractivity contribution in [1.29, 1.82) is 0 Å². The number of anilines is 1. The Bertz CT molecular complexity index is 984. The monoisotopic (exact) mass is 324 g/mol. The molecule has 0 aliphatic rings. The summed E-state index contributed by atoms with van der Waals surface area (Å²) in [6.07, 6.45) is 1.62. The lowest BCUT2D eigenvalue weighted by Crippen LogP contribution is -2.18. The average molecular weight is 324 g/mol. The van der Waals surface area contributed by atoms with E-state index in [1.807, 2.05) is 61.5 Å². The van der Waals surface area contributed by atoms with Crippen LogP contribution >= 0.6 is 12.2 Å². The summed E-state index contributed by atoms with van der Waals surface area (Å²) in [4.78, 5) is 17.5. The molecular weight excluding hydrogens is 308 g/mol. The minimum Gasteiger partial charge on any atom is -0.378 e. The first kappa shape index (κ1) is 15.2. The van der Waals surface area contributed by atoms with E-state index < -0.39 is 0 Å². The number of fused-ring (bicyclic) bond motifs is 1. The Kier molecular flexibility index (Phi) is 4.08. The Labute approximate surface area is 138 Å². The van der Waals surface area contributed by atoms with Crippen molar-refractivity contribution in [2.75, 3.05) is 19.0 Å². The standard InChI is InChI=1S/C17H16N4OS/c1-20(2)13-9-7-12(8-10-13)11-18-21-16(22)14-5-3-4-6-15(14)19-17(21)23/h3-11H,1-2H3,(H,19,23)/b18-11-. The van der Waals surface area contributed by atoms with Crippen molar-refractivity contribution in [3.8, 4) is 0 Å². The van der Waals surface area contributed by atoms with Gasteiger partial charge in [0.25, 0.3) is 5.56 Å². The van der Waals surface area contributed by atoms with Gasteiger partial charge in [0.2, 0.25) is 4.77 Å². The van der Waals surface area contributed by atoms with Gasteiger partial charge in [-0.15, -0.1) is 0 Å². The topological polar surface area (TPSA) is 53.4 Å². The van der Waals surface area contributed by atoms with E-state index in [2.05, 4.69) is 10.1 Å².